The molecule has 0 heterocycles. The van der Waals surface area contributed by atoms with Crippen LogP contribution in [-0.4, -0.2) is 63.5 Å². The third-order valence-electron chi connectivity index (χ3n) is 7.10. The maximum absolute atomic E-state index is 13.9. The first-order valence-electron chi connectivity index (χ1n) is 17.7. The maximum Gasteiger partial charge on any atom is 1.00 e. The second-order valence-corrected chi connectivity index (χ2v) is 14.1. The smallest absolute Gasteiger partial charge is 0.790 e. The third-order valence-corrected chi connectivity index (χ3v) is 9.29. The molecule has 0 bridgehead atoms. The van der Waals surface area contributed by atoms with Gasteiger partial charge in [0.15, 0.2) is 0 Å². The van der Waals surface area contributed by atoms with Crippen LogP contribution >= 0.6 is 7.82 Å². The van der Waals surface area contributed by atoms with E-state index >= 15 is 0 Å². The van der Waals surface area contributed by atoms with Crippen LogP contribution in [0.5, 0.6) is 0 Å². The molecule has 2 amide bonds. The van der Waals surface area contributed by atoms with Crippen molar-refractivity contribution < 1.29 is 108 Å². The molecule has 0 radical (unpaired) electrons. The first-order valence-corrected chi connectivity index (χ1v) is 17.9. The fraction of sp³-hybridized carbons (Fsp3) is 0.394. The minimum atomic E-state index is -5.78. The van der Waals surface area contributed by atoms with Gasteiger partial charge in [-0.15, -0.1) is 0 Å². The normalized spacial score (nSPS) is 15.8. The summed E-state index contributed by atoms with van der Waals surface area (Å²) >= 11 is 0. The molecule has 0 aromatic heterocycles. The maximum atomic E-state index is 13.9. The molecule has 50 heavy (non-hydrogen) atoms. The van der Waals surface area contributed by atoms with Crippen molar-refractivity contribution in [3.05, 3.63) is 96.1 Å². The molecule has 0 spiro atoms. The number of hydrogen-bond acceptors (Lipinski definition) is 10. The number of carbonyl (C=O) groups is 2. The zero-order valence-corrected chi connectivity index (χ0v) is 34.1. The Kier molecular flexibility index (Phi) is 16.9. The second-order valence-electron chi connectivity index (χ2n) is 11.2. The van der Waals surface area contributed by atoms with Crippen molar-refractivity contribution in [1.29, 1.82) is 0 Å². The Bertz CT molecular complexity index is 1760. The minimum Gasteiger partial charge on any atom is -0.790 e. The van der Waals surface area contributed by atoms with Gasteiger partial charge in [-0.1, -0.05) is 80.9 Å². The Hall–Kier alpha value is -1.78. The van der Waals surface area contributed by atoms with Crippen molar-refractivity contribution in [2.75, 3.05) is 32.4 Å². The molecule has 0 aliphatic carbocycles. The number of alkyl carbamates (subject to hydrolysis) is 1. The Morgan fingerprint density at radius 1 is 0.960 bits per heavy atom. The van der Waals surface area contributed by atoms with Crippen LogP contribution < -0.4 is 85.3 Å². The van der Waals surface area contributed by atoms with Crippen molar-refractivity contribution in [3.8, 4) is 0 Å². The summed E-state index contributed by atoms with van der Waals surface area (Å²) in [6.45, 7) is -0.753. The third kappa shape index (κ3) is 14.7. The van der Waals surface area contributed by atoms with E-state index in [4.69, 9.17) is 12.6 Å². The van der Waals surface area contributed by atoms with E-state index < -0.39 is 73.9 Å². The Morgan fingerprint density at radius 3 is 2.02 bits per heavy atom. The van der Waals surface area contributed by atoms with Crippen LogP contribution in [0.2, 0.25) is 0 Å². The second kappa shape index (κ2) is 22.3. The average Bonchev–Trinajstić information content (AvgIpc) is 3.06. The zero-order chi connectivity index (χ0) is 39.6. The first kappa shape index (κ1) is 38.0. The van der Waals surface area contributed by atoms with Gasteiger partial charge < -0.3 is 40.0 Å². The molecule has 4 N–H and O–H groups in total. The van der Waals surface area contributed by atoms with Crippen molar-refractivity contribution >= 4 is 35.5 Å². The number of anilines is 1. The predicted octanol–water partition coefficient (Wildman–Crippen LogP) is -3.02. The number of hydrogen-bond donors (Lipinski definition) is 3. The van der Waals surface area contributed by atoms with Gasteiger partial charge in [-0.2, -0.15) is 4.31 Å². The fourth-order valence-corrected chi connectivity index (χ4v) is 6.91. The summed E-state index contributed by atoms with van der Waals surface area (Å²) in [5, 5.41) is 5.07. The van der Waals surface area contributed by atoms with E-state index in [-0.39, 0.29) is 95.5 Å². The van der Waals surface area contributed by atoms with Crippen LogP contribution in [0.3, 0.4) is 0 Å². The summed E-state index contributed by atoms with van der Waals surface area (Å²) in [6.07, 6.45) is -1.50. The number of nitrogen functional groups attached to an aromatic ring is 1. The zero-order valence-electron chi connectivity index (χ0n) is 33.4. The number of ether oxygens (including phenoxy) is 1. The monoisotopic (exact) mass is 753 g/mol. The molecule has 0 aliphatic heterocycles. The van der Waals surface area contributed by atoms with Gasteiger partial charge in [0.2, 0.25) is 15.9 Å². The van der Waals surface area contributed by atoms with Gasteiger partial charge in [0, 0.05) is 32.1 Å². The van der Waals surface area contributed by atoms with Crippen LogP contribution in [0, 0.1) is 5.92 Å². The molecule has 17 heteroatoms. The summed E-state index contributed by atoms with van der Waals surface area (Å²) in [6, 6.07) is 19.4. The molecular formula is C33H43N4Na2O9PS. The van der Waals surface area contributed by atoms with Crippen LogP contribution in [0.1, 0.15) is 57.0 Å². The largest absolute Gasteiger partial charge is 1.00 e. The number of carbonyl (C=O) groups excluding carboxylic acids is 2. The molecule has 4 atom stereocenters. The number of nitrogens with two attached hydrogens (primary N) is 1. The van der Waals surface area contributed by atoms with E-state index in [9.17, 15) is 32.4 Å². The summed E-state index contributed by atoms with van der Waals surface area (Å²) in [4.78, 5) is 49.3. The van der Waals surface area contributed by atoms with Gasteiger partial charge in [0.1, 0.15) is 6.04 Å². The van der Waals surface area contributed by atoms with E-state index in [0.717, 1.165) is 0 Å². The number of nitrogens with zero attached hydrogens (tertiary/aromatic N) is 1. The van der Waals surface area contributed by atoms with Crippen LogP contribution in [0.15, 0.2) is 89.8 Å². The Labute approximate surface area is 346 Å². The van der Waals surface area contributed by atoms with Crippen molar-refractivity contribution in [2.45, 2.75) is 56.0 Å². The van der Waals surface area contributed by atoms with Crippen LogP contribution in [0.25, 0.3) is 0 Å². The number of rotatable bonds is 18. The van der Waals surface area contributed by atoms with Gasteiger partial charge in [0.05, 0.1) is 31.8 Å². The minimum absolute atomic E-state index is 0. The number of phosphoric ester groups is 1. The summed E-state index contributed by atoms with van der Waals surface area (Å²) < 4.78 is 87.9. The Morgan fingerprint density at radius 2 is 1.52 bits per heavy atom. The van der Waals surface area contributed by atoms with Gasteiger partial charge in [0.25, 0.3) is 0 Å². The summed E-state index contributed by atoms with van der Waals surface area (Å²) in [5.74, 6) is -2.18. The average molecular weight is 754 g/mol. The topological polar surface area (TPSA) is 203 Å². The van der Waals surface area contributed by atoms with E-state index in [1.54, 1.807) is 74.5 Å². The van der Waals surface area contributed by atoms with Crippen LogP contribution in [0.4, 0.5) is 10.5 Å². The molecule has 0 aliphatic rings. The van der Waals surface area contributed by atoms with Crippen LogP contribution in [-0.2, 0) is 28.6 Å². The van der Waals surface area contributed by atoms with Gasteiger partial charge in [-0.3, -0.25) is 4.79 Å². The van der Waals surface area contributed by atoms with Crippen molar-refractivity contribution in [1.82, 2.24) is 14.9 Å². The van der Waals surface area contributed by atoms with E-state index in [1.165, 1.54) is 24.3 Å². The molecule has 3 aromatic rings. The number of nitrogens with one attached hydrogen (secondary N) is 2. The fourth-order valence-electron chi connectivity index (χ4n) is 4.98. The molecular weight excluding hydrogens is 705 g/mol. The van der Waals surface area contributed by atoms with Gasteiger partial charge >= 0.3 is 65.2 Å². The number of phosphoric acid groups is 1. The number of sulfonamides is 1. The molecule has 262 valence electrons. The van der Waals surface area contributed by atoms with Crippen molar-refractivity contribution in [3.63, 3.8) is 0 Å². The van der Waals surface area contributed by atoms with E-state index in [1.807, 2.05) is 0 Å². The number of unbranched alkanes of at least 4 members (excludes halogenated alkanes) is 1. The van der Waals surface area contributed by atoms with E-state index in [0.29, 0.717) is 15.4 Å². The summed E-state index contributed by atoms with van der Waals surface area (Å²) in [7, 11) is -13.5. The van der Waals surface area contributed by atoms with Crippen molar-refractivity contribution in [2.24, 2.45) is 5.92 Å². The number of amides is 2. The molecule has 0 saturated carbocycles. The standard InChI is InChI=1S/C33H45N4O9PS.2Na/c1-24(2)22-37(48(43,44)29-19-17-27(34)18-20-29)28(23-46-47(40,41)42)16-10-11-21-35-32(38)31(36-33(39)45-3)30(25-12-6-4-7-13-25)26-14-8-5-9-15-26;;/h4-9,12-15,17-20,24,28,30-31H,10-11,16,21-23,34H2,1-3H3,(H,35,38)(H,36,39)(H2,40,41,42);;/q;2*+1/p-2/t28-,31-;;/m0../s1/i3D3,22D,23D;;/t22?,23?,28-,31-;;. The summed E-state index contributed by atoms with van der Waals surface area (Å²) in [5.41, 5.74) is 7.20. The Balaban J connectivity index is 0.00000756. The predicted molar refractivity (Wildman–Crippen MR) is 178 cm³/mol. The SMILES string of the molecule is [2H]C(OP(=O)([O-])[O-])[C@H](CCCCNC(=O)[C@@H](NC(=O)OC([2H])([2H])[2H])C(c1ccccc1)c1ccccc1)N(C([2H])C(C)C)S(=O)(=O)c1ccc(N)cc1.[Na+].[Na+]. The molecule has 2 unspecified atom stereocenters. The number of methoxy groups -OCH3 is 1. The van der Waals surface area contributed by atoms with Gasteiger partial charge in [-0.05, 0) is 54.2 Å². The first-order chi connectivity index (χ1) is 24.7. The molecule has 0 saturated heterocycles. The van der Waals surface area contributed by atoms with E-state index in [2.05, 4.69) is 19.9 Å². The number of benzene rings is 3. The molecule has 3 rings (SSSR count). The molecule has 3 aromatic carbocycles. The van der Waals surface area contributed by atoms with Gasteiger partial charge in [-0.25, -0.2) is 13.2 Å². The quantitative estimate of drug-likeness (QED) is 0.0520. The molecule has 0 fully saturated rings. The molecule has 13 nitrogen and oxygen atoms in total.